The molecule has 1 fully saturated rings. The summed E-state index contributed by atoms with van der Waals surface area (Å²) >= 11 is 1.33. The molecule has 0 atom stereocenters. The van der Waals surface area contributed by atoms with Crippen molar-refractivity contribution in [3.63, 3.8) is 0 Å². The Morgan fingerprint density at radius 2 is 1.60 bits per heavy atom. The minimum atomic E-state index is -0.250. The maximum atomic E-state index is 12.5. The van der Waals surface area contributed by atoms with Gasteiger partial charge in [-0.15, -0.1) is 10.2 Å². The van der Waals surface area contributed by atoms with Gasteiger partial charge in [-0.05, 0) is 44.0 Å². The minimum absolute atomic E-state index is 0.0857. The van der Waals surface area contributed by atoms with E-state index in [2.05, 4.69) is 20.8 Å². The predicted octanol–water partition coefficient (Wildman–Crippen LogP) is 4.51. The zero-order valence-electron chi connectivity index (χ0n) is 16.7. The van der Waals surface area contributed by atoms with Gasteiger partial charge < -0.3 is 15.5 Å². The van der Waals surface area contributed by atoms with E-state index in [-0.39, 0.29) is 17.9 Å². The van der Waals surface area contributed by atoms with E-state index in [9.17, 15) is 9.59 Å². The molecule has 0 aliphatic carbocycles. The van der Waals surface area contributed by atoms with E-state index in [1.165, 1.54) is 11.3 Å². The van der Waals surface area contributed by atoms with Crippen molar-refractivity contribution in [3.8, 4) is 0 Å². The molecular weight excluding hydrogens is 398 g/mol. The molecule has 2 aromatic carbocycles. The summed E-state index contributed by atoms with van der Waals surface area (Å²) in [6, 6.07) is 17.0. The number of rotatable bonds is 4. The Morgan fingerprint density at radius 3 is 2.30 bits per heavy atom. The van der Waals surface area contributed by atoms with Crippen LogP contribution >= 0.6 is 11.3 Å². The first-order valence-electron chi connectivity index (χ1n) is 9.91. The van der Waals surface area contributed by atoms with Crippen LogP contribution in [0, 0.1) is 6.92 Å². The highest BCUT2D eigenvalue weighted by molar-refractivity contribution is 7.13. The van der Waals surface area contributed by atoms with Gasteiger partial charge in [-0.1, -0.05) is 47.2 Å². The zero-order chi connectivity index (χ0) is 20.9. The van der Waals surface area contributed by atoms with E-state index in [0.29, 0.717) is 18.1 Å². The van der Waals surface area contributed by atoms with Gasteiger partial charge in [0, 0.05) is 30.4 Å². The van der Waals surface area contributed by atoms with Gasteiger partial charge in [0.2, 0.25) is 5.01 Å². The maximum Gasteiger partial charge on any atom is 0.321 e. The lowest BCUT2D eigenvalue weighted by atomic mass is 9.98. The van der Waals surface area contributed by atoms with Crippen LogP contribution in [-0.2, 0) is 0 Å². The second-order valence-electron chi connectivity index (χ2n) is 7.32. The lowest BCUT2D eigenvalue weighted by molar-refractivity contribution is 0.102. The summed E-state index contributed by atoms with van der Waals surface area (Å²) in [7, 11) is 0. The summed E-state index contributed by atoms with van der Waals surface area (Å²) in [5, 5.41) is 15.3. The fourth-order valence-corrected chi connectivity index (χ4v) is 4.27. The van der Waals surface area contributed by atoms with Gasteiger partial charge in [0.25, 0.3) is 5.91 Å². The van der Waals surface area contributed by atoms with Crippen molar-refractivity contribution in [1.82, 2.24) is 15.1 Å². The largest absolute Gasteiger partial charge is 0.324 e. The Morgan fingerprint density at radius 1 is 0.933 bits per heavy atom. The number of nitrogens with one attached hydrogen (secondary N) is 2. The summed E-state index contributed by atoms with van der Waals surface area (Å²) in [5.74, 6) is -0.0379. The van der Waals surface area contributed by atoms with E-state index in [1.807, 2.05) is 66.4 Å². The number of para-hydroxylation sites is 1. The van der Waals surface area contributed by atoms with Crippen LogP contribution in [0.4, 0.5) is 16.2 Å². The third-order valence-electron chi connectivity index (χ3n) is 5.10. The standard InChI is InChI=1S/C22H23N5O2S/c1-15-7-9-18(10-8-15)24-22(29)27-13-11-16(12-14-27)20-25-26-21(30-20)19(28)23-17-5-3-2-4-6-17/h2-10,16H,11-14H2,1H3,(H,23,28)(H,24,29). The Hall–Kier alpha value is -3.26. The summed E-state index contributed by atoms with van der Waals surface area (Å²) in [4.78, 5) is 26.7. The highest BCUT2D eigenvalue weighted by Crippen LogP contribution is 2.30. The van der Waals surface area contributed by atoms with Crippen molar-refractivity contribution in [3.05, 3.63) is 70.2 Å². The number of piperidine rings is 1. The van der Waals surface area contributed by atoms with Crippen LogP contribution in [-0.4, -0.2) is 40.1 Å². The van der Waals surface area contributed by atoms with Crippen molar-refractivity contribution in [2.45, 2.75) is 25.7 Å². The molecule has 0 unspecified atom stereocenters. The van der Waals surface area contributed by atoms with Crippen LogP contribution in [0.15, 0.2) is 54.6 Å². The average molecular weight is 422 g/mol. The third kappa shape index (κ3) is 4.83. The molecule has 8 heteroatoms. The molecule has 1 aliphatic heterocycles. The molecule has 2 heterocycles. The summed E-state index contributed by atoms with van der Waals surface area (Å²) < 4.78 is 0. The SMILES string of the molecule is Cc1ccc(NC(=O)N2CCC(c3nnc(C(=O)Nc4ccccc4)s3)CC2)cc1. The number of aryl methyl sites for hydroxylation is 1. The van der Waals surface area contributed by atoms with Crippen LogP contribution < -0.4 is 10.6 Å². The molecule has 0 radical (unpaired) electrons. The minimum Gasteiger partial charge on any atom is -0.324 e. The van der Waals surface area contributed by atoms with Crippen molar-refractivity contribution in [1.29, 1.82) is 0 Å². The first-order chi connectivity index (χ1) is 14.6. The number of benzene rings is 2. The molecule has 4 rings (SSSR count). The lowest BCUT2D eigenvalue weighted by Crippen LogP contribution is -2.40. The van der Waals surface area contributed by atoms with E-state index in [4.69, 9.17) is 0 Å². The highest BCUT2D eigenvalue weighted by atomic mass is 32.1. The molecule has 1 saturated heterocycles. The van der Waals surface area contributed by atoms with Gasteiger partial charge in [-0.25, -0.2) is 4.79 Å². The number of hydrogen-bond acceptors (Lipinski definition) is 5. The summed E-state index contributed by atoms with van der Waals surface area (Å²) in [6.07, 6.45) is 1.60. The van der Waals surface area contributed by atoms with Gasteiger partial charge in [0.1, 0.15) is 5.01 Å². The van der Waals surface area contributed by atoms with Gasteiger partial charge >= 0.3 is 6.03 Å². The Bertz CT molecular complexity index is 1010. The molecule has 0 bridgehead atoms. The quantitative estimate of drug-likeness (QED) is 0.649. The van der Waals surface area contributed by atoms with Crippen molar-refractivity contribution >= 4 is 34.6 Å². The topological polar surface area (TPSA) is 87.2 Å². The third-order valence-corrected chi connectivity index (χ3v) is 6.19. The monoisotopic (exact) mass is 421 g/mol. The lowest BCUT2D eigenvalue weighted by Gasteiger charge is -2.31. The van der Waals surface area contributed by atoms with Crippen LogP contribution in [0.2, 0.25) is 0 Å². The molecule has 30 heavy (non-hydrogen) atoms. The first kappa shape index (κ1) is 20.0. The molecule has 1 aliphatic rings. The molecule has 3 aromatic rings. The van der Waals surface area contributed by atoms with Gasteiger partial charge in [0.15, 0.2) is 0 Å². The molecule has 3 amide bonds. The van der Waals surface area contributed by atoms with Gasteiger partial charge in [-0.2, -0.15) is 0 Å². The number of anilines is 2. The fourth-order valence-electron chi connectivity index (χ4n) is 3.37. The van der Waals surface area contributed by atoms with E-state index in [0.717, 1.165) is 34.8 Å². The van der Waals surface area contributed by atoms with Gasteiger partial charge in [-0.3, -0.25) is 4.79 Å². The molecule has 1 aromatic heterocycles. The molecule has 7 nitrogen and oxygen atoms in total. The predicted molar refractivity (Wildman–Crippen MR) is 118 cm³/mol. The maximum absolute atomic E-state index is 12.5. The average Bonchev–Trinajstić information content (AvgIpc) is 3.27. The number of amides is 3. The Balaban J connectivity index is 1.30. The zero-order valence-corrected chi connectivity index (χ0v) is 17.5. The van der Waals surface area contributed by atoms with Gasteiger partial charge in [0.05, 0.1) is 0 Å². The van der Waals surface area contributed by atoms with Crippen molar-refractivity contribution < 1.29 is 9.59 Å². The van der Waals surface area contributed by atoms with Crippen LogP contribution in [0.5, 0.6) is 0 Å². The Labute approximate surface area is 179 Å². The first-order valence-corrected chi connectivity index (χ1v) is 10.7. The number of nitrogens with zero attached hydrogens (tertiary/aromatic N) is 3. The smallest absolute Gasteiger partial charge is 0.321 e. The van der Waals surface area contributed by atoms with E-state index >= 15 is 0 Å². The fraction of sp³-hybridized carbons (Fsp3) is 0.273. The molecule has 154 valence electrons. The van der Waals surface area contributed by atoms with Crippen LogP contribution in [0.25, 0.3) is 0 Å². The number of hydrogen-bond donors (Lipinski definition) is 2. The Kier molecular flexibility index (Phi) is 6.04. The molecule has 0 saturated carbocycles. The highest BCUT2D eigenvalue weighted by Gasteiger charge is 2.27. The molecule has 0 spiro atoms. The second kappa shape index (κ2) is 9.04. The molecular formula is C22H23N5O2S. The van der Waals surface area contributed by atoms with E-state index in [1.54, 1.807) is 0 Å². The van der Waals surface area contributed by atoms with Crippen LogP contribution in [0.1, 0.15) is 39.1 Å². The van der Waals surface area contributed by atoms with Crippen molar-refractivity contribution in [2.24, 2.45) is 0 Å². The normalized spacial score (nSPS) is 14.4. The molecule has 2 N–H and O–H groups in total. The van der Waals surface area contributed by atoms with Crippen LogP contribution in [0.3, 0.4) is 0 Å². The van der Waals surface area contributed by atoms with Crippen molar-refractivity contribution in [2.75, 3.05) is 23.7 Å². The number of carbonyl (C=O) groups is 2. The summed E-state index contributed by atoms with van der Waals surface area (Å²) in [6.45, 7) is 3.31. The number of likely N-dealkylation sites (tertiary alicyclic amines) is 1. The number of urea groups is 1. The number of aromatic nitrogens is 2. The van der Waals surface area contributed by atoms with E-state index < -0.39 is 0 Å². The summed E-state index contributed by atoms with van der Waals surface area (Å²) in [5.41, 5.74) is 2.68. The second-order valence-corrected chi connectivity index (χ2v) is 8.33. The number of carbonyl (C=O) groups excluding carboxylic acids is 2.